The van der Waals surface area contributed by atoms with E-state index in [1.54, 1.807) is 0 Å². The molecule has 3 nitrogen and oxygen atoms in total. The average Bonchev–Trinajstić information content (AvgIpc) is 2.58. The Kier molecular flexibility index (Phi) is 2.86. The van der Waals surface area contributed by atoms with Crippen LogP contribution in [-0.2, 0) is 5.33 Å². The molecule has 0 bridgehead atoms. The zero-order valence-electron chi connectivity index (χ0n) is 8.74. The van der Waals surface area contributed by atoms with Crippen molar-refractivity contribution in [3.8, 4) is 5.82 Å². The van der Waals surface area contributed by atoms with Crippen LogP contribution in [0.1, 0.15) is 17.0 Å². The summed E-state index contributed by atoms with van der Waals surface area (Å²) in [5.41, 5.74) is 3.28. The van der Waals surface area contributed by atoms with Crippen LogP contribution >= 0.6 is 15.9 Å². The molecule has 0 aromatic carbocycles. The molecule has 0 amide bonds. The average molecular weight is 266 g/mol. The van der Waals surface area contributed by atoms with Crippen molar-refractivity contribution in [1.82, 2.24) is 14.8 Å². The van der Waals surface area contributed by atoms with Crippen LogP contribution in [-0.4, -0.2) is 14.8 Å². The summed E-state index contributed by atoms with van der Waals surface area (Å²) in [5, 5.41) is 5.21. The number of nitrogens with zero attached hydrogens (tertiary/aromatic N) is 3. The molecule has 0 fully saturated rings. The van der Waals surface area contributed by atoms with E-state index in [9.17, 15) is 0 Å². The van der Waals surface area contributed by atoms with E-state index in [4.69, 9.17) is 0 Å². The maximum atomic E-state index is 4.38. The van der Waals surface area contributed by atoms with Gasteiger partial charge in [0.2, 0.25) is 0 Å². The third kappa shape index (κ3) is 2.09. The Morgan fingerprint density at radius 2 is 2.13 bits per heavy atom. The van der Waals surface area contributed by atoms with Crippen LogP contribution in [0.2, 0.25) is 0 Å². The van der Waals surface area contributed by atoms with Gasteiger partial charge in [0, 0.05) is 17.2 Å². The number of halogens is 1. The summed E-state index contributed by atoms with van der Waals surface area (Å²) in [6.07, 6.45) is 1.86. The van der Waals surface area contributed by atoms with Crippen LogP contribution < -0.4 is 0 Å². The molecule has 78 valence electrons. The van der Waals surface area contributed by atoms with Crippen molar-refractivity contribution in [2.24, 2.45) is 0 Å². The summed E-state index contributed by atoms with van der Waals surface area (Å²) in [5.74, 6) is 0.866. The van der Waals surface area contributed by atoms with Gasteiger partial charge in [-0.2, -0.15) is 5.10 Å². The first-order valence-corrected chi connectivity index (χ1v) is 5.87. The Morgan fingerprint density at radius 1 is 1.33 bits per heavy atom. The number of aromatic nitrogens is 3. The van der Waals surface area contributed by atoms with E-state index >= 15 is 0 Å². The van der Waals surface area contributed by atoms with Gasteiger partial charge in [-0.05, 0) is 31.5 Å². The molecular formula is C11H12BrN3. The van der Waals surface area contributed by atoms with Gasteiger partial charge in [0.05, 0.1) is 5.69 Å². The van der Waals surface area contributed by atoms with Gasteiger partial charge in [-0.3, -0.25) is 0 Å². The molecule has 2 aromatic heterocycles. The fourth-order valence-corrected chi connectivity index (χ4v) is 1.81. The molecule has 4 heteroatoms. The first-order valence-electron chi connectivity index (χ1n) is 4.75. The van der Waals surface area contributed by atoms with E-state index in [1.165, 1.54) is 5.56 Å². The number of pyridine rings is 1. The summed E-state index contributed by atoms with van der Waals surface area (Å²) >= 11 is 3.39. The zero-order chi connectivity index (χ0) is 10.8. The van der Waals surface area contributed by atoms with Crippen molar-refractivity contribution < 1.29 is 0 Å². The predicted molar refractivity (Wildman–Crippen MR) is 63.5 cm³/mol. The van der Waals surface area contributed by atoms with Crippen molar-refractivity contribution in [1.29, 1.82) is 0 Å². The molecule has 0 atom stereocenters. The van der Waals surface area contributed by atoms with Crippen LogP contribution in [0, 0.1) is 13.8 Å². The normalized spacial score (nSPS) is 10.6. The van der Waals surface area contributed by atoms with E-state index in [-0.39, 0.29) is 0 Å². The summed E-state index contributed by atoms with van der Waals surface area (Å²) in [7, 11) is 0. The lowest BCUT2D eigenvalue weighted by molar-refractivity contribution is 0.805. The Balaban J connectivity index is 2.41. The molecule has 0 aliphatic rings. The number of hydrogen-bond acceptors (Lipinski definition) is 2. The second-order valence-electron chi connectivity index (χ2n) is 3.50. The first-order chi connectivity index (χ1) is 7.20. The zero-order valence-corrected chi connectivity index (χ0v) is 10.3. The summed E-state index contributed by atoms with van der Waals surface area (Å²) in [6.45, 7) is 4.01. The van der Waals surface area contributed by atoms with Crippen molar-refractivity contribution in [2.45, 2.75) is 19.2 Å². The molecule has 2 rings (SSSR count). The fraction of sp³-hybridized carbons (Fsp3) is 0.273. The second-order valence-corrected chi connectivity index (χ2v) is 4.06. The predicted octanol–water partition coefficient (Wildman–Crippen LogP) is 2.78. The van der Waals surface area contributed by atoms with Gasteiger partial charge in [-0.1, -0.05) is 22.0 Å². The van der Waals surface area contributed by atoms with E-state index in [1.807, 2.05) is 42.9 Å². The van der Waals surface area contributed by atoms with Crippen molar-refractivity contribution in [3.05, 3.63) is 41.3 Å². The maximum Gasteiger partial charge on any atom is 0.153 e. The van der Waals surface area contributed by atoms with Gasteiger partial charge in [-0.25, -0.2) is 9.67 Å². The van der Waals surface area contributed by atoms with E-state index < -0.39 is 0 Å². The van der Waals surface area contributed by atoms with E-state index in [0.29, 0.717) is 0 Å². The van der Waals surface area contributed by atoms with Gasteiger partial charge in [0.1, 0.15) is 0 Å². The monoisotopic (exact) mass is 265 g/mol. The minimum Gasteiger partial charge on any atom is -0.237 e. The molecular weight excluding hydrogens is 254 g/mol. The lowest BCUT2D eigenvalue weighted by atomic mass is 10.3. The van der Waals surface area contributed by atoms with Crippen molar-refractivity contribution in [3.63, 3.8) is 0 Å². The first kappa shape index (κ1) is 10.4. The highest BCUT2D eigenvalue weighted by Gasteiger charge is 2.04. The molecule has 0 N–H and O–H groups in total. The topological polar surface area (TPSA) is 30.7 Å². The smallest absolute Gasteiger partial charge is 0.153 e. The number of hydrogen-bond donors (Lipinski definition) is 0. The molecule has 2 aromatic rings. The van der Waals surface area contributed by atoms with Gasteiger partial charge < -0.3 is 0 Å². The van der Waals surface area contributed by atoms with Crippen molar-refractivity contribution >= 4 is 15.9 Å². The molecule has 15 heavy (non-hydrogen) atoms. The van der Waals surface area contributed by atoms with Crippen molar-refractivity contribution in [2.75, 3.05) is 0 Å². The van der Waals surface area contributed by atoms with Crippen LogP contribution in [0.4, 0.5) is 0 Å². The largest absolute Gasteiger partial charge is 0.237 e. The molecule has 0 saturated carbocycles. The van der Waals surface area contributed by atoms with Crippen LogP contribution in [0.15, 0.2) is 24.4 Å². The summed E-state index contributed by atoms with van der Waals surface area (Å²) in [6, 6.07) is 6.07. The number of rotatable bonds is 2. The minimum atomic E-state index is 0.831. The third-order valence-corrected chi connectivity index (χ3v) is 2.84. The Morgan fingerprint density at radius 3 is 2.60 bits per heavy atom. The quantitative estimate of drug-likeness (QED) is 0.782. The van der Waals surface area contributed by atoms with E-state index in [2.05, 4.69) is 26.0 Å². The number of aryl methyl sites for hydroxylation is 2. The minimum absolute atomic E-state index is 0.831. The Bertz CT molecular complexity index is 459. The van der Waals surface area contributed by atoms with Gasteiger partial charge in [0.25, 0.3) is 0 Å². The third-order valence-electron chi connectivity index (χ3n) is 2.19. The number of alkyl halides is 1. The van der Waals surface area contributed by atoms with E-state index in [0.717, 1.165) is 22.5 Å². The summed E-state index contributed by atoms with van der Waals surface area (Å²) < 4.78 is 1.85. The molecule has 0 aliphatic heterocycles. The van der Waals surface area contributed by atoms with Gasteiger partial charge in [-0.15, -0.1) is 0 Å². The Hall–Kier alpha value is -1.16. The van der Waals surface area contributed by atoms with Gasteiger partial charge in [0.15, 0.2) is 5.82 Å². The molecule has 0 unspecified atom stereocenters. The molecule has 0 aliphatic carbocycles. The highest BCUT2D eigenvalue weighted by atomic mass is 79.9. The van der Waals surface area contributed by atoms with Gasteiger partial charge >= 0.3 is 0 Å². The van der Waals surface area contributed by atoms with Crippen LogP contribution in [0.5, 0.6) is 0 Å². The highest BCUT2D eigenvalue weighted by molar-refractivity contribution is 9.08. The van der Waals surface area contributed by atoms with Crippen LogP contribution in [0.3, 0.4) is 0 Å². The molecule has 2 heterocycles. The fourth-order valence-electron chi connectivity index (χ4n) is 1.48. The highest BCUT2D eigenvalue weighted by Crippen LogP contribution is 2.11. The summed E-state index contributed by atoms with van der Waals surface area (Å²) in [4.78, 5) is 4.36. The standard InChI is InChI=1S/C11H12BrN3/c1-8-5-9(2)15(14-8)11-4-3-10(6-12)7-13-11/h3-5,7H,6H2,1-2H3. The maximum absolute atomic E-state index is 4.38. The lowest BCUT2D eigenvalue weighted by Gasteiger charge is -2.03. The SMILES string of the molecule is Cc1cc(C)n(-c2ccc(CBr)cn2)n1. The molecule has 0 spiro atoms. The van der Waals surface area contributed by atoms with Crippen LogP contribution in [0.25, 0.3) is 5.82 Å². The second kappa shape index (κ2) is 4.14. The molecule has 0 saturated heterocycles. The Labute approximate surface area is 97.3 Å². The molecule has 0 radical (unpaired) electrons. The lowest BCUT2D eigenvalue weighted by Crippen LogP contribution is -2.01.